The number of hydrogen-bond acceptors (Lipinski definition) is 2. The molecule has 2 fully saturated rings. The normalized spacial score (nSPS) is 20.7. The molecule has 0 radical (unpaired) electrons. The molecule has 1 aliphatic heterocycles. The fourth-order valence-corrected chi connectivity index (χ4v) is 4.11. The van der Waals surface area contributed by atoms with Gasteiger partial charge in [0.25, 0.3) is 0 Å². The van der Waals surface area contributed by atoms with Crippen molar-refractivity contribution in [1.82, 2.24) is 10.2 Å². The van der Waals surface area contributed by atoms with E-state index in [1.54, 1.807) is 0 Å². The lowest BCUT2D eigenvalue weighted by Crippen LogP contribution is -2.42. The summed E-state index contributed by atoms with van der Waals surface area (Å²) >= 11 is 1.86. The van der Waals surface area contributed by atoms with E-state index in [2.05, 4.69) is 34.3 Å². The van der Waals surface area contributed by atoms with Crippen LogP contribution in [0.25, 0.3) is 0 Å². The lowest BCUT2D eigenvalue weighted by Gasteiger charge is -2.38. The van der Waals surface area contributed by atoms with Crippen LogP contribution in [-0.2, 0) is 6.54 Å². The monoisotopic (exact) mass is 405 g/mol. The summed E-state index contributed by atoms with van der Waals surface area (Å²) in [6, 6.07) is 4.39. The topological polar surface area (TPSA) is 27.6 Å². The summed E-state index contributed by atoms with van der Waals surface area (Å²) in [4.78, 5) is 9.66. The fraction of sp³-hybridized carbons (Fsp3) is 0.667. The van der Waals surface area contributed by atoms with Gasteiger partial charge in [-0.15, -0.1) is 35.3 Å². The second-order valence-electron chi connectivity index (χ2n) is 5.94. The second-order valence-corrected chi connectivity index (χ2v) is 7.31. The molecule has 0 amide bonds. The first-order chi connectivity index (χ1) is 9.21. The van der Waals surface area contributed by atoms with Gasteiger partial charge in [-0.3, -0.25) is 4.99 Å². The Balaban J connectivity index is 0.00000147. The molecule has 3 rings (SSSR count). The molecule has 0 unspecified atom stereocenters. The smallest absolute Gasteiger partial charge is 0.193 e. The van der Waals surface area contributed by atoms with Gasteiger partial charge >= 0.3 is 0 Å². The number of hydrogen-bond donors (Lipinski definition) is 1. The van der Waals surface area contributed by atoms with Gasteiger partial charge in [0, 0.05) is 29.9 Å². The van der Waals surface area contributed by atoms with Gasteiger partial charge in [-0.1, -0.05) is 6.42 Å². The van der Waals surface area contributed by atoms with Gasteiger partial charge in [0.1, 0.15) is 0 Å². The Morgan fingerprint density at radius 3 is 2.70 bits per heavy atom. The van der Waals surface area contributed by atoms with Crippen LogP contribution in [0, 0.1) is 12.3 Å². The Bertz CT molecular complexity index is 479. The molecule has 5 heteroatoms. The highest BCUT2D eigenvalue weighted by atomic mass is 127. The number of nitrogens with one attached hydrogen (secondary N) is 1. The Labute approximate surface area is 142 Å². The molecule has 2 heterocycles. The Hall–Kier alpha value is -0.300. The van der Waals surface area contributed by atoms with Crippen molar-refractivity contribution in [1.29, 1.82) is 0 Å². The minimum Gasteiger partial charge on any atom is -0.351 e. The molecule has 1 saturated carbocycles. The van der Waals surface area contributed by atoms with Crippen LogP contribution in [0.5, 0.6) is 0 Å². The van der Waals surface area contributed by atoms with Crippen LogP contribution in [0.3, 0.4) is 0 Å². The van der Waals surface area contributed by atoms with Crippen molar-refractivity contribution in [2.75, 3.05) is 20.1 Å². The van der Waals surface area contributed by atoms with Crippen molar-refractivity contribution in [3.8, 4) is 0 Å². The van der Waals surface area contributed by atoms with E-state index < -0.39 is 0 Å². The predicted molar refractivity (Wildman–Crippen MR) is 97.1 cm³/mol. The Morgan fingerprint density at radius 1 is 1.40 bits per heavy atom. The van der Waals surface area contributed by atoms with E-state index in [0.29, 0.717) is 5.41 Å². The summed E-state index contributed by atoms with van der Waals surface area (Å²) in [7, 11) is 1.90. The summed E-state index contributed by atoms with van der Waals surface area (Å²) in [6.07, 6.45) is 5.62. The van der Waals surface area contributed by atoms with E-state index in [0.717, 1.165) is 12.5 Å². The van der Waals surface area contributed by atoms with Crippen LogP contribution in [0.15, 0.2) is 17.1 Å². The quantitative estimate of drug-likeness (QED) is 0.462. The van der Waals surface area contributed by atoms with Crippen LogP contribution in [0.1, 0.15) is 35.4 Å². The number of aliphatic imine (C=N–C) groups is 1. The predicted octanol–water partition coefficient (Wildman–Crippen LogP) is 3.63. The third-order valence-electron chi connectivity index (χ3n) is 4.58. The minimum atomic E-state index is 0. The maximum Gasteiger partial charge on any atom is 0.193 e. The van der Waals surface area contributed by atoms with Crippen LogP contribution < -0.4 is 5.32 Å². The van der Waals surface area contributed by atoms with E-state index in [4.69, 9.17) is 0 Å². The highest BCUT2D eigenvalue weighted by Gasteiger charge is 2.43. The molecule has 0 aromatic carbocycles. The summed E-state index contributed by atoms with van der Waals surface area (Å²) < 4.78 is 0. The second kappa shape index (κ2) is 6.64. The molecule has 0 bridgehead atoms. The van der Waals surface area contributed by atoms with Crippen molar-refractivity contribution in [2.24, 2.45) is 10.4 Å². The number of nitrogens with zero attached hydrogens (tertiary/aromatic N) is 2. The number of likely N-dealkylation sites (tertiary alicyclic amines) is 1. The zero-order valence-corrected chi connectivity index (χ0v) is 15.5. The summed E-state index contributed by atoms with van der Waals surface area (Å²) in [5.41, 5.74) is 0.636. The van der Waals surface area contributed by atoms with Crippen molar-refractivity contribution in [3.63, 3.8) is 0 Å². The average molecular weight is 405 g/mol. The number of thiophene rings is 1. The van der Waals surface area contributed by atoms with Crippen molar-refractivity contribution >= 4 is 41.3 Å². The highest BCUT2D eigenvalue weighted by Crippen LogP contribution is 2.47. The molecule has 1 aromatic heterocycles. The molecule has 1 spiro atoms. The molecule has 1 N–H and O–H groups in total. The first kappa shape index (κ1) is 16.1. The van der Waals surface area contributed by atoms with Crippen molar-refractivity contribution in [3.05, 3.63) is 21.9 Å². The van der Waals surface area contributed by atoms with Crippen LogP contribution in [0.4, 0.5) is 0 Å². The van der Waals surface area contributed by atoms with Gasteiger partial charge in [-0.25, -0.2) is 0 Å². The van der Waals surface area contributed by atoms with E-state index >= 15 is 0 Å². The van der Waals surface area contributed by atoms with Gasteiger partial charge < -0.3 is 10.2 Å². The summed E-state index contributed by atoms with van der Waals surface area (Å²) in [6.45, 7) is 5.43. The molecule has 112 valence electrons. The molecule has 1 aromatic rings. The average Bonchev–Trinajstić information content (AvgIpc) is 2.96. The van der Waals surface area contributed by atoms with Crippen molar-refractivity contribution < 1.29 is 0 Å². The molecule has 3 nitrogen and oxygen atoms in total. The van der Waals surface area contributed by atoms with Crippen molar-refractivity contribution in [2.45, 2.75) is 39.2 Å². The molecular weight excluding hydrogens is 381 g/mol. The van der Waals surface area contributed by atoms with E-state index in [1.165, 1.54) is 48.5 Å². The van der Waals surface area contributed by atoms with Crippen LogP contribution >= 0.6 is 35.3 Å². The lowest BCUT2D eigenvalue weighted by atomic mass is 9.68. The van der Waals surface area contributed by atoms with Gasteiger partial charge in [-0.05, 0) is 43.7 Å². The molecule has 1 aliphatic carbocycles. The first-order valence-corrected chi connectivity index (χ1v) is 8.03. The first-order valence-electron chi connectivity index (χ1n) is 7.22. The minimum absolute atomic E-state index is 0. The van der Waals surface area contributed by atoms with Crippen LogP contribution in [0.2, 0.25) is 0 Å². The largest absolute Gasteiger partial charge is 0.351 e. The number of aryl methyl sites for hydroxylation is 1. The molecule has 0 atom stereocenters. The van der Waals surface area contributed by atoms with E-state index in [1.807, 2.05) is 18.4 Å². The van der Waals surface area contributed by atoms with Gasteiger partial charge in [0.05, 0.1) is 6.54 Å². The summed E-state index contributed by atoms with van der Waals surface area (Å²) in [5.74, 6) is 1.08. The zero-order chi connectivity index (χ0) is 13.3. The van der Waals surface area contributed by atoms with E-state index in [9.17, 15) is 0 Å². The molecule has 1 saturated heterocycles. The van der Waals surface area contributed by atoms with E-state index in [-0.39, 0.29) is 24.0 Å². The Kier molecular flexibility index (Phi) is 5.34. The highest BCUT2D eigenvalue weighted by molar-refractivity contribution is 14.0. The fourth-order valence-electron chi connectivity index (χ4n) is 3.28. The lowest BCUT2D eigenvalue weighted by molar-refractivity contribution is 0.151. The third-order valence-corrected chi connectivity index (χ3v) is 5.58. The van der Waals surface area contributed by atoms with Gasteiger partial charge in [0.2, 0.25) is 0 Å². The zero-order valence-electron chi connectivity index (χ0n) is 12.3. The van der Waals surface area contributed by atoms with Crippen LogP contribution in [-0.4, -0.2) is 31.0 Å². The molecular formula is C15H24IN3S. The summed E-state index contributed by atoms with van der Waals surface area (Å²) in [5, 5.41) is 3.51. The van der Waals surface area contributed by atoms with Gasteiger partial charge in [-0.2, -0.15) is 0 Å². The standard InChI is InChI=1S/C15H23N3S.HI/c1-12-4-5-13(19-12)10-17-14(16-2)18-9-8-15(11-18)6-3-7-15;/h4-5H,3,6-11H2,1-2H3,(H,16,17);1H. The number of rotatable bonds is 2. The maximum absolute atomic E-state index is 4.45. The maximum atomic E-state index is 4.45. The molecule has 20 heavy (non-hydrogen) atoms. The number of guanidine groups is 1. The number of halogens is 1. The third kappa shape index (κ3) is 3.30. The SMILES string of the molecule is CN=C(NCc1ccc(C)s1)N1CCC2(CCC2)C1.I. The Morgan fingerprint density at radius 2 is 2.20 bits per heavy atom. The van der Waals surface area contributed by atoms with Gasteiger partial charge in [0.15, 0.2) is 5.96 Å². The molecule has 2 aliphatic rings.